The van der Waals surface area contributed by atoms with Crippen molar-refractivity contribution in [2.75, 3.05) is 0 Å². The first-order valence-electron chi connectivity index (χ1n) is 8.68. The van der Waals surface area contributed by atoms with E-state index in [0.717, 1.165) is 18.3 Å². The summed E-state index contributed by atoms with van der Waals surface area (Å²) in [5, 5.41) is 0. The van der Waals surface area contributed by atoms with Gasteiger partial charge in [-0.3, -0.25) is 4.79 Å². The van der Waals surface area contributed by atoms with Crippen molar-refractivity contribution in [1.29, 1.82) is 0 Å². The van der Waals surface area contributed by atoms with E-state index >= 15 is 0 Å². The van der Waals surface area contributed by atoms with Gasteiger partial charge in [0.1, 0.15) is 5.78 Å². The summed E-state index contributed by atoms with van der Waals surface area (Å²) in [5.41, 5.74) is 0. The van der Waals surface area contributed by atoms with Gasteiger partial charge in [-0.15, -0.1) is 0 Å². The third-order valence-electron chi connectivity index (χ3n) is 5.31. The summed E-state index contributed by atoms with van der Waals surface area (Å²) >= 11 is 0. The molecule has 0 N–H and O–H groups in total. The molecule has 1 nitrogen and oxygen atoms in total. The number of hydrogen-bond acceptors (Lipinski definition) is 1. The molecule has 0 heterocycles. The van der Waals surface area contributed by atoms with E-state index in [-0.39, 0.29) is 0 Å². The molecule has 1 heteroatoms. The smallest absolute Gasteiger partial charge is 0.136 e. The van der Waals surface area contributed by atoms with Crippen LogP contribution in [0.3, 0.4) is 0 Å². The fourth-order valence-electron chi connectivity index (χ4n) is 3.85. The fraction of sp³-hybridized carbons (Fsp3) is 0.944. The van der Waals surface area contributed by atoms with Crippen LogP contribution in [0, 0.1) is 23.7 Å². The summed E-state index contributed by atoms with van der Waals surface area (Å²) in [7, 11) is 0. The van der Waals surface area contributed by atoms with Crippen molar-refractivity contribution in [3.05, 3.63) is 0 Å². The molecule has 1 unspecified atom stereocenters. The van der Waals surface area contributed by atoms with Crippen LogP contribution in [-0.2, 0) is 4.79 Å². The van der Waals surface area contributed by atoms with Gasteiger partial charge in [-0.2, -0.15) is 0 Å². The number of Topliss-reactive ketones (excluding diaryl/α,β-unsaturated/α-hetero) is 1. The maximum Gasteiger partial charge on any atom is 0.136 e. The molecule has 0 aromatic rings. The molecule has 0 radical (unpaired) electrons. The zero-order valence-electron chi connectivity index (χ0n) is 13.0. The SMILES string of the molecule is CC(C)CC(=O)C(CCC1CCCC1)CC1CCC1. The van der Waals surface area contributed by atoms with Gasteiger partial charge < -0.3 is 0 Å². The van der Waals surface area contributed by atoms with Crippen LogP contribution in [0.5, 0.6) is 0 Å². The van der Waals surface area contributed by atoms with Gasteiger partial charge in [0.05, 0.1) is 0 Å². The summed E-state index contributed by atoms with van der Waals surface area (Å²) in [4.78, 5) is 12.4. The minimum Gasteiger partial charge on any atom is -0.299 e. The second-order valence-electron chi connectivity index (χ2n) is 7.52. The molecule has 0 aromatic carbocycles. The summed E-state index contributed by atoms with van der Waals surface area (Å²) in [6, 6.07) is 0. The Kier molecular flexibility index (Phi) is 5.91. The van der Waals surface area contributed by atoms with Gasteiger partial charge in [-0.1, -0.05) is 58.8 Å². The summed E-state index contributed by atoms with van der Waals surface area (Å²) in [6.07, 6.45) is 14.4. The Hall–Kier alpha value is -0.330. The lowest BCUT2D eigenvalue weighted by molar-refractivity contribution is -0.124. The Morgan fingerprint density at radius 1 is 1.00 bits per heavy atom. The molecule has 2 saturated carbocycles. The van der Waals surface area contributed by atoms with Gasteiger partial charge in [0.25, 0.3) is 0 Å². The Labute approximate surface area is 119 Å². The predicted molar refractivity (Wildman–Crippen MR) is 81.1 cm³/mol. The van der Waals surface area contributed by atoms with Gasteiger partial charge in [-0.05, 0) is 37.0 Å². The lowest BCUT2D eigenvalue weighted by atomic mass is 9.75. The molecule has 2 aliphatic rings. The Morgan fingerprint density at radius 2 is 1.63 bits per heavy atom. The van der Waals surface area contributed by atoms with Crippen molar-refractivity contribution in [3.63, 3.8) is 0 Å². The van der Waals surface area contributed by atoms with E-state index in [2.05, 4.69) is 13.8 Å². The Morgan fingerprint density at radius 3 is 2.16 bits per heavy atom. The van der Waals surface area contributed by atoms with E-state index in [0.29, 0.717) is 17.6 Å². The van der Waals surface area contributed by atoms with Gasteiger partial charge in [0, 0.05) is 12.3 Å². The number of carbonyl (C=O) groups is 1. The van der Waals surface area contributed by atoms with Gasteiger partial charge in [0.15, 0.2) is 0 Å². The maximum atomic E-state index is 12.4. The van der Waals surface area contributed by atoms with Crippen LogP contribution in [0.1, 0.15) is 84.5 Å². The minimum atomic E-state index is 0.397. The van der Waals surface area contributed by atoms with E-state index in [1.165, 1.54) is 64.2 Å². The third kappa shape index (κ3) is 4.93. The van der Waals surface area contributed by atoms with Crippen LogP contribution in [0.25, 0.3) is 0 Å². The highest BCUT2D eigenvalue weighted by atomic mass is 16.1. The third-order valence-corrected chi connectivity index (χ3v) is 5.31. The first-order valence-corrected chi connectivity index (χ1v) is 8.68. The highest BCUT2D eigenvalue weighted by Gasteiger charge is 2.27. The normalized spacial score (nSPS) is 22.7. The zero-order valence-corrected chi connectivity index (χ0v) is 13.0. The molecule has 0 amide bonds. The number of rotatable bonds is 8. The lowest BCUT2D eigenvalue weighted by Gasteiger charge is -2.30. The lowest BCUT2D eigenvalue weighted by Crippen LogP contribution is -2.23. The largest absolute Gasteiger partial charge is 0.299 e. The van der Waals surface area contributed by atoms with Crippen molar-refractivity contribution < 1.29 is 4.79 Å². The Bertz CT molecular complexity index is 271. The number of carbonyl (C=O) groups excluding carboxylic acids is 1. The van der Waals surface area contributed by atoms with Crippen molar-refractivity contribution in [2.45, 2.75) is 84.5 Å². The van der Waals surface area contributed by atoms with E-state index in [1.807, 2.05) is 0 Å². The van der Waals surface area contributed by atoms with E-state index in [1.54, 1.807) is 0 Å². The average Bonchev–Trinajstić information content (AvgIpc) is 2.78. The highest BCUT2D eigenvalue weighted by Crippen LogP contribution is 2.36. The molecule has 0 bridgehead atoms. The molecule has 0 aliphatic heterocycles. The number of ketones is 1. The first-order chi connectivity index (χ1) is 9.15. The van der Waals surface area contributed by atoms with Crippen LogP contribution < -0.4 is 0 Å². The topological polar surface area (TPSA) is 17.1 Å². The average molecular weight is 264 g/mol. The van der Waals surface area contributed by atoms with Gasteiger partial charge in [0.2, 0.25) is 0 Å². The highest BCUT2D eigenvalue weighted by molar-refractivity contribution is 5.81. The second kappa shape index (κ2) is 7.45. The predicted octanol–water partition coefficient (Wildman–Crippen LogP) is 5.38. The van der Waals surface area contributed by atoms with E-state index in [4.69, 9.17) is 0 Å². The van der Waals surface area contributed by atoms with Crippen LogP contribution in [0.15, 0.2) is 0 Å². The molecule has 2 rings (SSSR count). The standard InChI is InChI=1S/C18H32O/c1-14(2)12-18(19)17(13-16-8-5-9-16)11-10-15-6-3-4-7-15/h14-17H,3-13H2,1-2H3. The van der Waals surface area contributed by atoms with Gasteiger partial charge in [-0.25, -0.2) is 0 Å². The van der Waals surface area contributed by atoms with Crippen LogP contribution in [0.2, 0.25) is 0 Å². The summed E-state index contributed by atoms with van der Waals surface area (Å²) in [6.45, 7) is 4.35. The minimum absolute atomic E-state index is 0.397. The van der Waals surface area contributed by atoms with E-state index < -0.39 is 0 Å². The first kappa shape index (κ1) is 15.1. The van der Waals surface area contributed by atoms with E-state index in [9.17, 15) is 4.79 Å². The fourth-order valence-corrected chi connectivity index (χ4v) is 3.85. The number of hydrogen-bond donors (Lipinski definition) is 0. The maximum absolute atomic E-state index is 12.4. The second-order valence-corrected chi connectivity index (χ2v) is 7.52. The molecule has 1 atom stereocenters. The zero-order chi connectivity index (χ0) is 13.7. The quantitative estimate of drug-likeness (QED) is 0.575. The van der Waals surface area contributed by atoms with Crippen LogP contribution in [-0.4, -0.2) is 5.78 Å². The Balaban J connectivity index is 1.79. The van der Waals surface area contributed by atoms with Crippen LogP contribution in [0.4, 0.5) is 0 Å². The molecule has 0 aromatic heterocycles. The molecular weight excluding hydrogens is 232 g/mol. The van der Waals surface area contributed by atoms with Crippen molar-refractivity contribution in [3.8, 4) is 0 Å². The molecule has 2 aliphatic carbocycles. The molecule has 19 heavy (non-hydrogen) atoms. The summed E-state index contributed by atoms with van der Waals surface area (Å²) < 4.78 is 0. The molecule has 110 valence electrons. The van der Waals surface area contributed by atoms with Gasteiger partial charge >= 0.3 is 0 Å². The molecular formula is C18H32O. The monoisotopic (exact) mass is 264 g/mol. The molecule has 0 saturated heterocycles. The van der Waals surface area contributed by atoms with Crippen molar-refractivity contribution in [1.82, 2.24) is 0 Å². The molecule has 2 fully saturated rings. The van der Waals surface area contributed by atoms with Crippen molar-refractivity contribution >= 4 is 5.78 Å². The summed E-state index contributed by atoms with van der Waals surface area (Å²) in [5.74, 6) is 3.32. The van der Waals surface area contributed by atoms with Crippen molar-refractivity contribution in [2.24, 2.45) is 23.7 Å². The van der Waals surface area contributed by atoms with Crippen LogP contribution >= 0.6 is 0 Å². The molecule has 0 spiro atoms.